The van der Waals surface area contributed by atoms with Crippen molar-refractivity contribution in [2.75, 3.05) is 24.5 Å². The summed E-state index contributed by atoms with van der Waals surface area (Å²) >= 11 is 0. The van der Waals surface area contributed by atoms with Crippen LogP contribution in [0, 0.1) is 0 Å². The number of anilines is 1. The minimum absolute atomic E-state index is 0.118. The number of halogens is 2. The van der Waals surface area contributed by atoms with Gasteiger partial charge in [-0.05, 0) is 50.1 Å². The monoisotopic (exact) mass is 363 g/mol. The molecule has 0 radical (unpaired) electrons. The summed E-state index contributed by atoms with van der Waals surface area (Å²) in [5.41, 5.74) is 1.42. The van der Waals surface area contributed by atoms with Crippen LogP contribution in [0.15, 0.2) is 42.6 Å². The van der Waals surface area contributed by atoms with E-state index in [1.807, 2.05) is 6.07 Å². The van der Waals surface area contributed by atoms with Gasteiger partial charge in [-0.25, -0.2) is 4.98 Å². The Kier molecular flexibility index (Phi) is 7.32. The van der Waals surface area contributed by atoms with E-state index in [1.54, 1.807) is 24.4 Å². The Hall–Kier alpha value is -2.70. The second-order valence-corrected chi connectivity index (χ2v) is 5.61. The van der Waals surface area contributed by atoms with Gasteiger partial charge in [0.1, 0.15) is 11.6 Å². The summed E-state index contributed by atoms with van der Waals surface area (Å²) in [7, 11) is 0. The molecule has 0 unspecified atom stereocenters. The van der Waals surface area contributed by atoms with Crippen LogP contribution in [-0.4, -0.2) is 37.1 Å². The van der Waals surface area contributed by atoms with Gasteiger partial charge >= 0.3 is 6.61 Å². The molecule has 1 aromatic heterocycles. The van der Waals surface area contributed by atoms with Crippen LogP contribution in [0.4, 0.5) is 14.6 Å². The summed E-state index contributed by atoms with van der Waals surface area (Å²) < 4.78 is 28.5. The van der Waals surface area contributed by atoms with Crippen molar-refractivity contribution in [2.45, 2.75) is 26.9 Å². The number of ether oxygens (including phenoxy) is 1. The fourth-order valence-electron chi connectivity index (χ4n) is 2.52. The molecule has 1 N–H and O–H groups in total. The average molecular weight is 363 g/mol. The van der Waals surface area contributed by atoms with Crippen molar-refractivity contribution in [3.63, 3.8) is 0 Å². The van der Waals surface area contributed by atoms with Gasteiger partial charge in [0.05, 0.1) is 5.56 Å². The lowest BCUT2D eigenvalue weighted by Crippen LogP contribution is -2.26. The van der Waals surface area contributed by atoms with E-state index in [2.05, 4.69) is 33.8 Å². The fourth-order valence-corrected chi connectivity index (χ4v) is 2.52. The van der Waals surface area contributed by atoms with E-state index < -0.39 is 6.61 Å². The van der Waals surface area contributed by atoms with E-state index in [4.69, 9.17) is 0 Å². The minimum atomic E-state index is -2.83. The predicted octanol–water partition coefficient (Wildman–Crippen LogP) is 3.50. The van der Waals surface area contributed by atoms with Gasteiger partial charge in [-0.3, -0.25) is 4.79 Å². The van der Waals surface area contributed by atoms with Gasteiger partial charge < -0.3 is 15.0 Å². The number of amides is 1. The van der Waals surface area contributed by atoms with Crippen molar-refractivity contribution in [1.82, 2.24) is 10.3 Å². The van der Waals surface area contributed by atoms with Gasteiger partial charge in [0.15, 0.2) is 0 Å². The molecule has 2 aromatic rings. The number of carbonyl (C=O) groups is 1. The molecule has 0 fully saturated rings. The van der Waals surface area contributed by atoms with Crippen LogP contribution in [0.5, 0.6) is 5.75 Å². The van der Waals surface area contributed by atoms with Gasteiger partial charge in [-0.15, -0.1) is 0 Å². The summed E-state index contributed by atoms with van der Waals surface area (Å²) in [5.74, 6) is 0.769. The molecule has 140 valence electrons. The Morgan fingerprint density at radius 3 is 2.38 bits per heavy atom. The van der Waals surface area contributed by atoms with Crippen molar-refractivity contribution in [2.24, 2.45) is 0 Å². The predicted molar refractivity (Wildman–Crippen MR) is 96.9 cm³/mol. The number of alkyl halides is 2. The molecule has 1 aromatic carbocycles. The van der Waals surface area contributed by atoms with Gasteiger partial charge in [-0.1, -0.05) is 12.1 Å². The molecule has 0 aliphatic carbocycles. The molecule has 7 heteroatoms. The Balaban J connectivity index is 1.83. The molecule has 0 saturated carbocycles. The molecule has 0 aliphatic heterocycles. The number of hydrogen-bond acceptors (Lipinski definition) is 4. The van der Waals surface area contributed by atoms with Crippen LogP contribution in [0.3, 0.4) is 0 Å². The molecule has 0 spiro atoms. The molecule has 1 heterocycles. The standard InChI is InChI=1S/C19H23F2N3O2/c1-3-24(4-2)17-10-7-15(13-23-17)18(25)22-12-11-14-5-8-16(9-6-14)26-19(20)21/h5-10,13,19H,3-4,11-12H2,1-2H3,(H,22,25). The van der Waals surface area contributed by atoms with Gasteiger partial charge in [0, 0.05) is 25.8 Å². The first kappa shape index (κ1) is 19.6. The smallest absolute Gasteiger partial charge is 0.387 e. The highest BCUT2D eigenvalue weighted by Crippen LogP contribution is 2.15. The maximum atomic E-state index is 12.2. The molecule has 5 nitrogen and oxygen atoms in total. The summed E-state index contributed by atoms with van der Waals surface area (Å²) in [6.45, 7) is 3.43. The third-order valence-corrected chi connectivity index (χ3v) is 3.95. The van der Waals surface area contributed by atoms with E-state index in [9.17, 15) is 13.6 Å². The normalized spacial score (nSPS) is 10.7. The van der Waals surface area contributed by atoms with Gasteiger partial charge in [0.2, 0.25) is 0 Å². The highest BCUT2D eigenvalue weighted by Gasteiger charge is 2.08. The molecule has 26 heavy (non-hydrogen) atoms. The van der Waals surface area contributed by atoms with Crippen LogP contribution < -0.4 is 15.0 Å². The first-order valence-corrected chi connectivity index (χ1v) is 8.56. The van der Waals surface area contributed by atoms with Gasteiger partial charge in [0.25, 0.3) is 5.91 Å². The largest absolute Gasteiger partial charge is 0.435 e. The quantitative estimate of drug-likeness (QED) is 0.741. The highest BCUT2D eigenvalue weighted by atomic mass is 19.3. The van der Waals surface area contributed by atoms with E-state index in [0.29, 0.717) is 18.5 Å². The van der Waals surface area contributed by atoms with Crippen molar-refractivity contribution in [3.05, 3.63) is 53.7 Å². The maximum Gasteiger partial charge on any atom is 0.387 e. The van der Waals surface area contributed by atoms with Crippen LogP contribution in [-0.2, 0) is 6.42 Å². The van der Waals surface area contributed by atoms with Crippen LogP contribution >= 0.6 is 0 Å². The molecule has 2 rings (SSSR count). The number of nitrogens with one attached hydrogen (secondary N) is 1. The molecule has 0 saturated heterocycles. The summed E-state index contributed by atoms with van der Waals surface area (Å²) in [6.07, 6.45) is 2.16. The highest BCUT2D eigenvalue weighted by molar-refractivity contribution is 5.94. The maximum absolute atomic E-state index is 12.2. The number of rotatable bonds is 9. The lowest BCUT2D eigenvalue weighted by molar-refractivity contribution is -0.0498. The molecular weight excluding hydrogens is 340 g/mol. The Morgan fingerprint density at radius 1 is 1.15 bits per heavy atom. The molecule has 0 bridgehead atoms. The Bertz CT molecular complexity index is 687. The second-order valence-electron chi connectivity index (χ2n) is 5.61. The van der Waals surface area contributed by atoms with E-state index in [0.717, 1.165) is 24.5 Å². The van der Waals surface area contributed by atoms with Crippen molar-refractivity contribution >= 4 is 11.7 Å². The average Bonchev–Trinajstić information content (AvgIpc) is 2.64. The zero-order valence-electron chi connectivity index (χ0n) is 14.9. The summed E-state index contributed by atoms with van der Waals surface area (Å²) in [6, 6.07) is 9.96. The topological polar surface area (TPSA) is 54.5 Å². The Labute approximate surface area is 152 Å². The lowest BCUT2D eigenvalue weighted by Gasteiger charge is -2.19. The van der Waals surface area contributed by atoms with Crippen LogP contribution in [0.2, 0.25) is 0 Å². The number of pyridine rings is 1. The summed E-state index contributed by atoms with van der Waals surface area (Å²) in [5, 5.41) is 2.83. The molecule has 0 atom stereocenters. The number of hydrogen-bond donors (Lipinski definition) is 1. The zero-order valence-corrected chi connectivity index (χ0v) is 14.9. The lowest BCUT2D eigenvalue weighted by atomic mass is 10.1. The second kappa shape index (κ2) is 9.70. The first-order chi connectivity index (χ1) is 12.5. The molecule has 1 amide bonds. The van der Waals surface area contributed by atoms with Crippen molar-refractivity contribution < 1.29 is 18.3 Å². The van der Waals surface area contributed by atoms with Crippen LogP contribution in [0.1, 0.15) is 29.8 Å². The number of aromatic nitrogens is 1. The summed E-state index contributed by atoms with van der Waals surface area (Å²) in [4.78, 5) is 18.6. The van der Waals surface area contributed by atoms with Crippen molar-refractivity contribution in [1.29, 1.82) is 0 Å². The van der Waals surface area contributed by atoms with E-state index >= 15 is 0 Å². The first-order valence-electron chi connectivity index (χ1n) is 8.56. The van der Waals surface area contributed by atoms with E-state index in [1.165, 1.54) is 12.1 Å². The van der Waals surface area contributed by atoms with Gasteiger partial charge in [-0.2, -0.15) is 8.78 Å². The van der Waals surface area contributed by atoms with Crippen LogP contribution in [0.25, 0.3) is 0 Å². The number of carbonyl (C=O) groups excluding carboxylic acids is 1. The Morgan fingerprint density at radius 2 is 1.85 bits per heavy atom. The minimum Gasteiger partial charge on any atom is -0.435 e. The number of nitrogens with zero attached hydrogens (tertiary/aromatic N) is 2. The zero-order chi connectivity index (χ0) is 18.9. The molecular formula is C19H23F2N3O2. The van der Waals surface area contributed by atoms with E-state index in [-0.39, 0.29) is 11.7 Å². The number of benzene rings is 1. The third kappa shape index (κ3) is 5.68. The molecule has 0 aliphatic rings. The fraction of sp³-hybridized carbons (Fsp3) is 0.368. The third-order valence-electron chi connectivity index (χ3n) is 3.95. The van der Waals surface area contributed by atoms with Crippen molar-refractivity contribution in [3.8, 4) is 5.75 Å². The SMILES string of the molecule is CCN(CC)c1ccc(C(=O)NCCc2ccc(OC(F)F)cc2)cn1.